The van der Waals surface area contributed by atoms with Crippen LogP contribution in [0.25, 0.3) is 0 Å². The highest BCUT2D eigenvalue weighted by Crippen LogP contribution is 2.33. The number of alkyl halides is 1. The third-order valence-corrected chi connectivity index (χ3v) is 3.75. The molecule has 0 amide bonds. The van der Waals surface area contributed by atoms with Gasteiger partial charge in [0, 0.05) is 5.92 Å². The lowest BCUT2D eigenvalue weighted by atomic mass is 9.80. The van der Waals surface area contributed by atoms with Gasteiger partial charge in [-0.2, -0.15) is 0 Å². The summed E-state index contributed by atoms with van der Waals surface area (Å²) in [5, 5.41) is 0. The van der Waals surface area contributed by atoms with Crippen LogP contribution in [0.4, 0.5) is 0 Å². The summed E-state index contributed by atoms with van der Waals surface area (Å²) >= 11 is 6.21. The Kier molecular flexibility index (Phi) is 3.77. The fourth-order valence-corrected chi connectivity index (χ4v) is 2.11. The summed E-state index contributed by atoms with van der Waals surface area (Å²) in [6.45, 7) is 7.39. The van der Waals surface area contributed by atoms with Crippen LogP contribution in [0.1, 0.15) is 46.0 Å². The normalized spacial score (nSPS) is 22.8. The molecule has 1 unspecified atom stereocenters. The van der Waals surface area contributed by atoms with Gasteiger partial charge >= 0.3 is 0 Å². The number of hydrogen-bond acceptors (Lipinski definition) is 1. The van der Waals surface area contributed by atoms with Crippen LogP contribution in [0.3, 0.4) is 0 Å². The number of hydrogen-bond donors (Lipinski definition) is 0. The van der Waals surface area contributed by atoms with Crippen LogP contribution >= 0.6 is 11.6 Å². The molecule has 2 heteroatoms. The van der Waals surface area contributed by atoms with E-state index in [4.69, 9.17) is 11.6 Å². The van der Waals surface area contributed by atoms with Gasteiger partial charge in [-0.05, 0) is 26.7 Å². The van der Waals surface area contributed by atoms with Gasteiger partial charge in [-0.3, -0.25) is 4.79 Å². The molecule has 80 valence electrons. The number of ketones is 1. The molecule has 1 nitrogen and oxygen atoms in total. The van der Waals surface area contributed by atoms with E-state index < -0.39 is 4.87 Å². The molecule has 0 aromatic rings. The third-order valence-electron chi connectivity index (χ3n) is 3.24. The van der Waals surface area contributed by atoms with Crippen molar-refractivity contribution >= 4 is 17.4 Å². The van der Waals surface area contributed by atoms with Crippen molar-refractivity contribution in [3.8, 4) is 0 Å². The summed E-state index contributed by atoms with van der Waals surface area (Å²) in [7, 11) is 0. The quantitative estimate of drug-likeness (QED) is 0.517. The van der Waals surface area contributed by atoms with Crippen molar-refractivity contribution in [2.75, 3.05) is 0 Å². The fourth-order valence-electron chi connectivity index (χ4n) is 1.96. The largest absolute Gasteiger partial charge is 0.297 e. The molecular formula is C12H19ClO. The van der Waals surface area contributed by atoms with Crippen molar-refractivity contribution in [2.24, 2.45) is 5.92 Å². The van der Waals surface area contributed by atoms with Crippen LogP contribution in [0.15, 0.2) is 12.2 Å². The van der Waals surface area contributed by atoms with Gasteiger partial charge in [0.1, 0.15) is 4.87 Å². The van der Waals surface area contributed by atoms with Crippen LogP contribution in [0, 0.1) is 5.92 Å². The van der Waals surface area contributed by atoms with Crippen molar-refractivity contribution in [3.05, 3.63) is 12.2 Å². The average molecular weight is 215 g/mol. The third kappa shape index (κ3) is 2.38. The number of halogens is 1. The van der Waals surface area contributed by atoms with Crippen LogP contribution < -0.4 is 0 Å². The molecule has 0 N–H and O–H groups in total. The molecule has 1 fully saturated rings. The van der Waals surface area contributed by atoms with Crippen molar-refractivity contribution in [3.63, 3.8) is 0 Å². The number of Topliss-reactive ketones (excluding diaryl/α,β-unsaturated/α-hetero) is 1. The Morgan fingerprint density at radius 3 is 2.29 bits per heavy atom. The Balaban J connectivity index is 2.67. The SMILES string of the molecule is C=C(C)C(C)(Cl)C(=O)C1CCCCC1. The summed E-state index contributed by atoms with van der Waals surface area (Å²) < 4.78 is 0. The number of carbonyl (C=O) groups excluding carboxylic acids is 1. The van der Waals surface area contributed by atoms with E-state index >= 15 is 0 Å². The smallest absolute Gasteiger partial charge is 0.160 e. The average Bonchev–Trinajstić information content (AvgIpc) is 2.17. The fraction of sp³-hybridized carbons (Fsp3) is 0.750. The predicted molar refractivity (Wildman–Crippen MR) is 60.7 cm³/mol. The Labute approximate surface area is 91.5 Å². The molecular weight excluding hydrogens is 196 g/mol. The molecule has 1 aliphatic carbocycles. The highest BCUT2D eigenvalue weighted by atomic mass is 35.5. The van der Waals surface area contributed by atoms with Crippen LogP contribution in [0.2, 0.25) is 0 Å². The summed E-state index contributed by atoms with van der Waals surface area (Å²) in [4.78, 5) is 11.2. The second-order valence-electron chi connectivity index (χ2n) is 4.48. The Bertz CT molecular complexity index is 237. The summed E-state index contributed by atoms with van der Waals surface area (Å²) in [5.41, 5.74) is 0.759. The topological polar surface area (TPSA) is 17.1 Å². The molecule has 0 heterocycles. The molecule has 0 saturated heterocycles. The van der Waals surface area contributed by atoms with Gasteiger partial charge in [0.05, 0.1) is 0 Å². The van der Waals surface area contributed by atoms with E-state index in [0.29, 0.717) is 0 Å². The lowest BCUT2D eigenvalue weighted by Gasteiger charge is -2.28. The molecule has 1 atom stereocenters. The molecule has 0 aromatic carbocycles. The molecule has 14 heavy (non-hydrogen) atoms. The van der Waals surface area contributed by atoms with Crippen molar-refractivity contribution < 1.29 is 4.79 Å². The van der Waals surface area contributed by atoms with Crippen LogP contribution in [-0.2, 0) is 4.79 Å². The Morgan fingerprint density at radius 2 is 1.86 bits per heavy atom. The molecule has 0 spiro atoms. The van der Waals surface area contributed by atoms with E-state index in [0.717, 1.165) is 18.4 Å². The van der Waals surface area contributed by atoms with E-state index in [1.54, 1.807) is 6.92 Å². The monoisotopic (exact) mass is 214 g/mol. The molecule has 1 saturated carbocycles. The first-order valence-corrected chi connectivity index (χ1v) is 5.73. The van der Waals surface area contributed by atoms with Gasteiger partial charge < -0.3 is 0 Å². The molecule has 0 bridgehead atoms. The zero-order valence-electron chi connectivity index (χ0n) is 9.11. The number of allylic oxidation sites excluding steroid dienone is 1. The van der Waals surface area contributed by atoms with E-state index in [-0.39, 0.29) is 11.7 Å². The zero-order chi connectivity index (χ0) is 10.8. The molecule has 0 aliphatic heterocycles. The van der Waals surface area contributed by atoms with Crippen LogP contribution in [-0.4, -0.2) is 10.7 Å². The zero-order valence-corrected chi connectivity index (χ0v) is 9.86. The van der Waals surface area contributed by atoms with Crippen molar-refractivity contribution in [1.82, 2.24) is 0 Å². The number of rotatable bonds is 3. The first kappa shape index (κ1) is 11.8. The minimum Gasteiger partial charge on any atom is -0.297 e. The maximum Gasteiger partial charge on any atom is 0.160 e. The van der Waals surface area contributed by atoms with Gasteiger partial charge in [-0.1, -0.05) is 31.4 Å². The van der Waals surface area contributed by atoms with E-state index in [2.05, 4.69) is 6.58 Å². The Hall–Kier alpha value is -0.300. The van der Waals surface area contributed by atoms with Crippen LogP contribution in [0.5, 0.6) is 0 Å². The van der Waals surface area contributed by atoms with E-state index in [1.807, 2.05) is 6.92 Å². The maximum absolute atomic E-state index is 12.1. The first-order chi connectivity index (χ1) is 6.46. The van der Waals surface area contributed by atoms with Gasteiger partial charge in [-0.15, -0.1) is 11.6 Å². The summed E-state index contributed by atoms with van der Waals surface area (Å²) in [5.74, 6) is 0.342. The minimum absolute atomic E-state index is 0.169. The van der Waals surface area contributed by atoms with Gasteiger partial charge in [-0.25, -0.2) is 0 Å². The van der Waals surface area contributed by atoms with Gasteiger partial charge in [0.2, 0.25) is 0 Å². The summed E-state index contributed by atoms with van der Waals surface area (Å²) in [6, 6.07) is 0. The molecule has 1 rings (SSSR count). The maximum atomic E-state index is 12.1. The highest BCUT2D eigenvalue weighted by Gasteiger charge is 2.36. The van der Waals surface area contributed by atoms with Gasteiger partial charge in [0.25, 0.3) is 0 Å². The Morgan fingerprint density at radius 1 is 1.36 bits per heavy atom. The second kappa shape index (κ2) is 4.48. The first-order valence-electron chi connectivity index (χ1n) is 5.35. The number of carbonyl (C=O) groups is 1. The van der Waals surface area contributed by atoms with Crippen molar-refractivity contribution in [1.29, 1.82) is 0 Å². The minimum atomic E-state index is -0.845. The lowest BCUT2D eigenvalue weighted by molar-refractivity contribution is -0.125. The molecule has 0 radical (unpaired) electrons. The molecule has 0 aromatic heterocycles. The van der Waals surface area contributed by atoms with E-state index in [1.165, 1.54) is 19.3 Å². The lowest BCUT2D eigenvalue weighted by Crippen LogP contribution is -2.36. The molecule has 1 aliphatic rings. The summed E-state index contributed by atoms with van der Waals surface area (Å²) in [6.07, 6.45) is 5.61. The van der Waals surface area contributed by atoms with Crippen molar-refractivity contribution in [2.45, 2.75) is 50.8 Å². The van der Waals surface area contributed by atoms with Gasteiger partial charge in [0.15, 0.2) is 5.78 Å². The standard InChI is InChI=1S/C12H19ClO/c1-9(2)12(3,13)11(14)10-7-5-4-6-8-10/h10H,1,4-8H2,2-3H3. The highest BCUT2D eigenvalue weighted by molar-refractivity contribution is 6.37. The van der Waals surface area contributed by atoms with E-state index in [9.17, 15) is 4.79 Å². The second-order valence-corrected chi connectivity index (χ2v) is 5.24. The predicted octanol–water partition coefficient (Wildman–Crippen LogP) is 3.71.